The standard InChI is InChI=1S/C48H23Cl3Si/c49-52(50,51)35-23-11-22-34-40-31-19-8-7-18-30(31)38-27-15-4-2-13-25(27)36-24-12-1-3-14-26(24)37-28-16-5-6-17-29(28)39-32-20-9-10-21-33(32)42(41(34)35)48-46(39)44(37)43(36)45(38)47(40)48/h1-23H. The number of hydrogen-bond acceptors (Lipinski definition) is 0. The molecule has 0 atom stereocenters. The number of fused-ring (bicyclic) bond motifs is 18. The highest BCUT2D eigenvalue weighted by molar-refractivity contribution is 7.69. The molecule has 0 aliphatic carbocycles. The molecular weight excluding hydrogens is 711 g/mol. The lowest BCUT2D eigenvalue weighted by molar-refractivity contribution is 1.80. The van der Waals surface area contributed by atoms with E-state index in [2.05, 4.69) is 140 Å². The summed E-state index contributed by atoms with van der Waals surface area (Å²) in [6, 6.07) is 48.1. The van der Waals surface area contributed by atoms with Crippen molar-refractivity contribution < 1.29 is 0 Å². The van der Waals surface area contributed by atoms with Crippen LogP contribution in [0.5, 0.6) is 0 Å². The molecule has 0 nitrogen and oxygen atoms in total. The van der Waals surface area contributed by atoms with Crippen LogP contribution in [0, 0.1) is 0 Å². The average Bonchev–Trinajstić information content (AvgIpc) is 3.18. The second-order valence-electron chi connectivity index (χ2n) is 14.5. The predicted molar refractivity (Wildman–Crippen MR) is 233 cm³/mol. The van der Waals surface area contributed by atoms with Crippen LogP contribution in [-0.2, 0) is 0 Å². The molecule has 0 aliphatic heterocycles. The molecule has 4 heteroatoms. The highest BCUT2D eigenvalue weighted by Crippen LogP contribution is 2.59. The molecule has 0 bridgehead atoms. The molecule has 0 aromatic heterocycles. The second-order valence-corrected chi connectivity index (χ2v) is 22.8. The molecule has 13 rings (SSSR count). The molecule has 0 unspecified atom stereocenters. The monoisotopic (exact) mass is 732 g/mol. The van der Waals surface area contributed by atoms with Gasteiger partial charge in [-0.05, 0) is 134 Å². The van der Waals surface area contributed by atoms with Gasteiger partial charge in [-0.2, -0.15) is 0 Å². The maximum absolute atomic E-state index is 7.11. The molecule has 0 fully saturated rings. The van der Waals surface area contributed by atoms with Crippen LogP contribution in [0.2, 0.25) is 0 Å². The minimum Gasteiger partial charge on any atom is -0.121 e. The van der Waals surface area contributed by atoms with Gasteiger partial charge in [0, 0.05) is 0 Å². The SMILES string of the molecule is Cl[Si](Cl)(Cl)c1cccc2c1c1c3ccccc3c3c4ccccc4c4c5ccccc5c5c6ccccc6c6c7ccccc7c2c2c6c5c4c3c12. The van der Waals surface area contributed by atoms with Crippen LogP contribution in [0.1, 0.15) is 0 Å². The Bertz CT molecular complexity index is 3610. The molecule has 0 saturated heterocycles. The van der Waals surface area contributed by atoms with Gasteiger partial charge in [-0.25, -0.2) is 0 Å². The van der Waals surface area contributed by atoms with Gasteiger partial charge in [0.1, 0.15) is 0 Å². The largest absolute Gasteiger partial charge is 0.373 e. The molecule has 52 heavy (non-hydrogen) atoms. The Morgan fingerprint density at radius 1 is 0.212 bits per heavy atom. The lowest BCUT2D eigenvalue weighted by Crippen LogP contribution is -2.30. The topological polar surface area (TPSA) is 0 Å². The Hall–Kier alpha value is -5.15. The summed E-state index contributed by atoms with van der Waals surface area (Å²) in [6.45, 7) is 0. The fourth-order valence-electron chi connectivity index (χ4n) is 10.6. The van der Waals surface area contributed by atoms with Crippen molar-refractivity contribution in [2.45, 2.75) is 0 Å². The van der Waals surface area contributed by atoms with Crippen molar-refractivity contribution in [1.29, 1.82) is 0 Å². The van der Waals surface area contributed by atoms with Gasteiger partial charge in [-0.15, -0.1) is 33.2 Å². The third-order valence-corrected chi connectivity index (χ3v) is 15.1. The quantitative estimate of drug-likeness (QED) is 0.0682. The molecular formula is C48H23Cl3Si. The van der Waals surface area contributed by atoms with Gasteiger partial charge < -0.3 is 0 Å². The van der Waals surface area contributed by atoms with Gasteiger partial charge in [-0.3, -0.25) is 0 Å². The first-order valence-electron chi connectivity index (χ1n) is 17.7. The van der Waals surface area contributed by atoms with E-state index >= 15 is 0 Å². The van der Waals surface area contributed by atoms with E-state index in [-0.39, 0.29) is 0 Å². The molecule has 13 aromatic rings. The third-order valence-electron chi connectivity index (χ3n) is 12.2. The number of rotatable bonds is 1. The highest BCUT2D eigenvalue weighted by atomic mass is 35.8. The van der Waals surface area contributed by atoms with Crippen molar-refractivity contribution in [1.82, 2.24) is 0 Å². The first kappa shape index (κ1) is 28.4. The molecule has 0 radical (unpaired) electrons. The zero-order chi connectivity index (χ0) is 34.2. The molecule has 0 N–H and O–H groups in total. The van der Waals surface area contributed by atoms with Crippen molar-refractivity contribution in [3.8, 4) is 0 Å². The summed E-state index contributed by atoms with van der Waals surface area (Å²) in [4.78, 5) is 0. The molecule has 240 valence electrons. The summed E-state index contributed by atoms with van der Waals surface area (Å²) in [5.74, 6) is 0. The second kappa shape index (κ2) is 9.44. The van der Waals surface area contributed by atoms with Crippen molar-refractivity contribution in [2.24, 2.45) is 0 Å². The Morgan fingerprint density at radius 2 is 0.442 bits per heavy atom. The molecule has 0 amide bonds. The first-order valence-corrected chi connectivity index (χ1v) is 22.7. The normalized spacial score (nSPS) is 13.3. The molecule has 0 saturated carbocycles. The highest BCUT2D eigenvalue weighted by Gasteiger charge is 2.35. The van der Waals surface area contributed by atoms with Gasteiger partial charge in [0.2, 0.25) is 0 Å². The lowest BCUT2D eigenvalue weighted by atomic mass is 9.74. The summed E-state index contributed by atoms with van der Waals surface area (Å²) in [7, 11) is 0. The van der Waals surface area contributed by atoms with Gasteiger partial charge >= 0.3 is 6.00 Å². The van der Waals surface area contributed by atoms with Crippen LogP contribution in [0.3, 0.4) is 0 Å². The minimum absolute atomic E-state index is 0.843. The smallest absolute Gasteiger partial charge is 0.121 e. The van der Waals surface area contributed by atoms with E-state index in [0.717, 1.165) is 16.0 Å². The van der Waals surface area contributed by atoms with Crippen LogP contribution < -0.4 is 5.19 Å². The zero-order valence-electron chi connectivity index (χ0n) is 27.4. The summed E-state index contributed by atoms with van der Waals surface area (Å²) in [6.07, 6.45) is 0. The van der Waals surface area contributed by atoms with E-state index in [9.17, 15) is 0 Å². The summed E-state index contributed by atoms with van der Waals surface area (Å²) in [5.41, 5.74) is 0. The number of benzene rings is 13. The van der Waals surface area contributed by atoms with E-state index in [0.29, 0.717) is 0 Å². The summed E-state index contributed by atoms with van der Waals surface area (Å²) in [5, 5.41) is 31.3. The van der Waals surface area contributed by atoms with Crippen LogP contribution in [0.15, 0.2) is 140 Å². The minimum atomic E-state index is -3.39. The van der Waals surface area contributed by atoms with E-state index in [1.807, 2.05) is 0 Å². The van der Waals surface area contributed by atoms with Crippen molar-refractivity contribution in [3.05, 3.63) is 140 Å². The van der Waals surface area contributed by atoms with E-state index in [1.54, 1.807) is 0 Å². The van der Waals surface area contributed by atoms with Crippen molar-refractivity contribution >= 4 is 174 Å². The third kappa shape index (κ3) is 3.13. The average molecular weight is 734 g/mol. The fourth-order valence-corrected chi connectivity index (χ4v) is 12.8. The molecule has 0 aliphatic rings. The van der Waals surface area contributed by atoms with Gasteiger partial charge in [-0.1, -0.05) is 140 Å². The Morgan fingerprint density at radius 3 is 0.731 bits per heavy atom. The van der Waals surface area contributed by atoms with Crippen LogP contribution in [-0.4, -0.2) is 6.00 Å². The van der Waals surface area contributed by atoms with Crippen LogP contribution in [0.4, 0.5) is 0 Å². The van der Waals surface area contributed by atoms with E-state index in [1.165, 1.54) is 118 Å². The molecule has 13 aromatic carbocycles. The fraction of sp³-hybridized carbons (Fsp3) is 0. The predicted octanol–water partition coefficient (Wildman–Crippen LogP) is 14.7. The van der Waals surface area contributed by atoms with Gasteiger partial charge in [0.15, 0.2) is 0 Å². The number of halogens is 3. The zero-order valence-corrected chi connectivity index (χ0v) is 30.7. The molecule has 0 heterocycles. The number of hydrogen-bond donors (Lipinski definition) is 0. The van der Waals surface area contributed by atoms with Crippen LogP contribution in [0.25, 0.3) is 129 Å². The van der Waals surface area contributed by atoms with Crippen molar-refractivity contribution in [2.75, 3.05) is 0 Å². The Balaban J connectivity index is 1.60. The van der Waals surface area contributed by atoms with Crippen molar-refractivity contribution in [3.63, 3.8) is 0 Å². The molecule has 0 spiro atoms. The van der Waals surface area contributed by atoms with E-state index in [4.69, 9.17) is 33.2 Å². The van der Waals surface area contributed by atoms with E-state index < -0.39 is 6.00 Å². The summed E-state index contributed by atoms with van der Waals surface area (Å²) < 4.78 is 0. The maximum atomic E-state index is 7.11. The Labute approximate surface area is 311 Å². The summed E-state index contributed by atoms with van der Waals surface area (Å²) >= 11 is 21.3. The maximum Gasteiger partial charge on any atom is 0.373 e. The first-order chi connectivity index (χ1) is 25.5. The van der Waals surface area contributed by atoms with Crippen LogP contribution >= 0.6 is 33.2 Å². The van der Waals surface area contributed by atoms with Gasteiger partial charge in [0.05, 0.1) is 0 Å². The Kier molecular flexibility index (Phi) is 5.16. The lowest BCUT2D eigenvalue weighted by Gasteiger charge is -2.28. The van der Waals surface area contributed by atoms with Gasteiger partial charge in [0.25, 0.3) is 0 Å².